The molecule has 0 aromatic rings. The maximum absolute atomic E-state index is 10.4. The predicted molar refractivity (Wildman–Crippen MR) is 29.8 cm³/mol. The third kappa shape index (κ3) is 2.38. The van der Waals surface area contributed by atoms with Gasteiger partial charge in [0.25, 0.3) is 0 Å². The fourth-order valence-electron chi connectivity index (χ4n) is 0. The monoisotopic (exact) mass is 99.1 g/mol. The zero-order valence-electron chi connectivity index (χ0n) is 5.12. The van der Waals surface area contributed by atoms with E-state index < -0.39 is 0 Å². The smallest absolute Gasteiger partial charge is 0.135 e. The van der Waals surface area contributed by atoms with Crippen LogP contribution in [0.4, 0.5) is 0 Å². The van der Waals surface area contributed by atoms with Gasteiger partial charge in [-0.25, -0.2) is 0 Å². The summed E-state index contributed by atoms with van der Waals surface area (Å²) in [6, 6.07) is 0. The number of ketones is 1. The third-order valence-electron chi connectivity index (χ3n) is 0.953. The Hall–Kier alpha value is -0.330. The van der Waals surface area contributed by atoms with Crippen LogP contribution in [0.2, 0.25) is 0 Å². The molecule has 0 saturated carbocycles. The maximum atomic E-state index is 10.4. The fraction of sp³-hybridized carbons (Fsp3) is 0.667. The van der Waals surface area contributed by atoms with Crippen molar-refractivity contribution >= 4 is 5.78 Å². The first-order chi connectivity index (χ1) is 2.94. The second kappa shape index (κ2) is 1.65. The Morgan fingerprint density at radius 2 is 1.71 bits per heavy atom. The van der Waals surface area contributed by atoms with E-state index in [1.807, 2.05) is 0 Å². The molecular formula is C6H11O. The zero-order valence-corrected chi connectivity index (χ0v) is 5.12. The summed E-state index contributed by atoms with van der Waals surface area (Å²) in [7, 11) is 0. The van der Waals surface area contributed by atoms with Crippen LogP contribution < -0.4 is 0 Å². The molecule has 0 fully saturated rings. The largest absolute Gasteiger partial charge is 0.299 e. The first-order valence-electron chi connectivity index (χ1n) is 2.31. The summed E-state index contributed by atoms with van der Waals surface area (Å²) in [5.41, 5.74) is -0.389. The average molecular weight is 99.2 g/mol. The van der Waals surface area contributed by atoms with Crippen LogP contribution in [-0.2, 0) is 4.79 Å². The van der Waals surface area contributed by atoms with Crippen LogP contribution >= 0.6 is 0 Å². The van der Waals surface area contributed by atoms with Gasteiger partial charge in [0.05, 0.1) is 0 Å². The Kier molecular flexibility index (Phi) is 1.57. The van der Waals surface area contributed by atoms with Gasteiger partial charge in [0.2, 0.25) is 0 Å². The number of hydrogen-bond donors (Lipinski definition) is 0. The molecule has 0 aromatic carbocycles. The minimum Gasteiger partial charge on any atom is -0.299 e. The molecule has 0 atom stereocenters. The number of hydrogen-bond acceptors (Lipinski definition) is 1. The molecule has 0 bridgehead atoms. The number of carbonyl (C=O) groups excluding carboxylic acids is 1. The molecule has 0 heterocycles. The van der Waals surface area contributed by atoms with E-state index in [2.05, 4.69) is 6.92 Å². The van der Waals surface area contributed by atoms with Gasteiger partial charge in [0.15, 0.2) is 0 Å². The second-order valence-electron chi connectivity index (χ2n) is 2.44. The van der Waals surface area contributed by atoms with Gasteiger partial charge in [-0.1, -0.05) is 13.8 Å². The van der Waals surface area contributed by atoms with Crippen LogP contribution in [0.15, 0.2) is 0 Å². The first-order valence-corrected chi connectivity index (χ1v) is 2.31. The molecular weight excluding hydrogens is 88.1 g/mol. The quantitative estimate of drug-likeness (QED) is 0.486. The lowest BCUT2D eigenvalue weighted by Gasteiger charge is -2.11. The summed E-state index contributed by atoms with van der Waals surface area (Å²) in [6.45, 7) is 8.77. The third-order valence-corrected chi connectivity index (χ3v) is 0.953. The molecule has 0 unspecified atom stereocenters. The maximum Gasteiger partial charge on any atom is 0.135 e. The Morgan fingerprint density at radius 1 is 1.57 bits per heavy atom. The van der Waals surface area contributed by atoms with E-state index in [0.717, 1.165) is 0 Å². The molecule has 0 spiro atoms. The van der Waals surface area contributed by atoms with Crippen LogP contribution in [0, 0.1) is 12.3 Å². The fourth-order valence-corrected chi connectivity index (χ4v) is 0. The SMILES string of the molecule is [CH2]C(C)(C)C(C)=O. The van der Waals surface area contributed by atoms with E-state index >= 15 is 0 Å². The topological polar surface area (TPSA) is 17.1 Å². The number of rotatable bonds is 1. The molecule has 1 radical (unpaired) electrons. The minimum absolute atomic E-state index is 0.132. The van der Waals surface area contributed by atoms with Crippen LogP contribution in [0.1, 0.15) is 20.8 Å². The summed E-state index contributed by atoms with van der Waals surface area (Å²) in [5, 5.41) is 0. The second-order valence-corrected chi connectivity index (χ2v) is 2.44. The molecule has 0 N–H and O–H groups in total. The van der Waals surface area contributed by atoms with E-state index in [0.29, 0.717) is 0 Å². The molecule has 0 aliphatic heterocycles. The molecule has 1 heteroatoms. The van der Waals surface area contributed by atoms with Gasteiger partial charge in [0, 0.05) is 5.41 Å². The Balaban J connectivity index is 3.79. The van der Waals surface area contributed by atoms with Crippen LogP contribution in [0.25, 0.3) is 0 Å². The van der Waals surface area contributed by atoms with E-state index in [9.17, 15) is 4.79 Å². The lowest BCUT2D eigenvalue weighted by Crippen LogP contribution is -2.15. The average Bonchev–Trinajstić information content (AvgIpc) is 1.31. The molecule has 0 rings (SSSR count). The van der Waals surface area contributed by atoms with Crippen molar-refractivity contribution in [2.24, 2.45) is 5.41 Å². The van der Waals surface area contributed by atoms with Crippen molar-refractivity contribution < 1.29 is 4.79 Å². The highest BCUT2D eigenvalue weighted by molar-refractivity contribution is 5.82. The van der Waals surface area contributed by atoms with Gasteiger partial charge < -0.3 is 0 Å². The molecule has 0 aliphatic carbocycles. The standard InChI is InChI=1S/C6H11O/c1-5(7)6(2,3)4/h2H2,1,3-4H3. The summed E-state index contributed by atoms with van der Waals surface area (Å²) in [4.78, 5) is 10.4. The van der Waals surface area contributed by atoms with Crippen molar-refractivity contribution in [2.75, 3.05) is 0 Å². The van der Waals surface area contributed by atoms with E-state index in [1.165, 1.54) is 0 Å². The molecule has 1 nitrogen and oxygen atoms in total. The predicted octanol–water partition coefficient (Wildman–Crippen LogP) is 1.44. The van der Waals surface area contributed by atoms with Crippen LogP contribution in [0.3, 0.4) is 0 Å². The van der Waals surface area contributed by atoms with Crippen LogP contribution in [-0.4, -0.2) is 5.78 Å². The highest BCUT2D eigenvalue weighted by Crippen LogP contribution is 2.11. The molecule has 7 heavy (non-hydrogen) atoms. The first kappa shape index (κ1) is 6.67. The van der Waals surface area contributed by atoms with Crippen molar-refractivity contribution in [1.82, 2.24) is 0 Å². The van der Waals surface area contributed by atoms with Crippen molar-refractivity contribution in [1.29, 1.82) is 0 Å². The van der Waals surface area contributed by atoms with Gasteiger partial charge in [-0.3, -0.25) is 4.79 Å². The zero-order chi connectivity index (χ0) is 6.08. The van der Waals surface area contributed by atoms with Gasteiger partial charge in [-0.05, 0) is 13.8 Å². The van der Waals surface area contributed by atoms with Gasteiger partial charge >= 0.3 is 0 Å². The van der Waals surface area contributed by atoms with E-state index in [-0.39, 0.29) is 11.2 Å². The lowest BCUT2D eigenvalue weighted by atomic mass is 9.92. The normalized spacial score (nSPS) is 11.4. The molecule has 0 aromatic heterocycles. The molecule has 0 saturated heterocycles. The van der Waals surface area contributed by atoms with Gasteiger partial charge in [0.1, 0.15) is 5.78 Å². The van der Waals surface area contributed by atoms with Gasteiger partial charge in [-0.15, -0.1) is 0 Å². The Bertz CT molecular complexity index is 76.7. The van der Waals surface area contributed by atoms with Crippen molar-refractivity contribution in [3.63, 3.8) is 0 Å². The van der Waals surface area contributed by atoms with Crippen molar-refractivity contribution in [3.05, 3.63) is 6.92 Å². The summed E-state index contributed by atoms with van der Waals surface area (Å²) < 4.78 is 0. The molecule has 41 valence electrons. The van der Waals surface area contributed by atoms with Crippen molar-refractivity contribution in [2.45, 2.75) is 20.8 Å². The van der Waals surface area contributed by atoms with E-state index in [1.54, 1.807) is 20.8 Å². The summed E-state index contributed by atoms with van der Waals surface area (Å²) >= 11 is 0. The lowest BCUT2D eigenvalue weighted by molar-refractivity contribution is -0.122. The number of Topliss-reactive ketones (excluding diaryl/α,β-unsaturated/α-hetero) is 1. The highest BCUT2D eigenvalue weighted by atomic mass is 16.1. The Labute approximate surface area is 44.7 Å². The molecule has 0 amide bonds. The highest BCUT2D eigenvalue weighted by Gasteiger charge is 2.14. The van der Waals surface area contributed by atoms with E-state index in [4.69, 9.17) is 0 Å². The summed E-state index contributed by atoms with van der Waals surface area (Å²) in [6.07, 6.45) is 0. The van der Waals surface area contributed by atoms with Crippen molar-refractivity contribution in [3.8, 4) is 0 Å². The molecule has 0 aliphatic rings. The van der Waals surface area contributed by atoms with Gasteiger partial charge in [-0.2, -0.15) is 0 Å². The summed E-state index contributed by atoms with van der Waals surface area (Å²) in [5.74, 6) is 0.132. The Morgan fingerprint density at radius 3 is 1.71 bits per heavy atom. The number of carbonyl (C=O) groups is 1. The minimum atomic E-state index is -0.389. The van der Waals surface area contributed by atoms with Crippen LogP contribution in [0.5, 0.6) is 0 Å².